The summed E-state index contributed by atoms with van der Waals surface area (Å²) in [5, 5.41) is 12.2. The molecule has 8 heteroatoms. The molecule has 1 saturated carbocycles. The molecule has 7 nitrogen and oxygen atoms in total. The van der Waals surface area contributed by atoms with Crippen LogP contribution in [-0.4, -0.2) is 36.1 Å². The maximum atomic E-state index is 14.3. The molecule has 1 aromatic heterocycles. The van der Waals surface area contributed by atoms with Crippen molar-refractivity contribution in [1.82, 2.24) is 4.98 Å². The summed E-state index contributed by atoms with van der Waals surface area (Å²) in [4.78, 5) is 31.7. The van der Waals surface area contributed by atoms with Crippen LogP contribution in [0.25, 0.3) is 0 Å². The van der Waals surface area contributed by atoms with Crippen molar-refractivity contribution in [3.8, 4) is 11.5 Å². The number of esters is 1. The SMILES string of the molecule is COC(=O)[C@@H]1[C@H](c2ccccc2)[C@]2(c3ccc(Br)cc3)Oc3cncc(OC)c3C1(O)C2=O. The Labute approximate surface area is 198 Å². The molecule has 4 atom stereocenters. The van der Waals surface area contributed by atoms with Gasteiger partial charge in [-0.2, -0.15) is 0 Å². The van der Waals surface area contributed by atoms with Gasteiger partial charge in [-0.3, -0.25) is 14.6 Å². The topological polar surface area (TPSA) is 95.0 Å². The molecule has 3 aromatic rings. The van der Waals surface area contributed by atoms with E-state index in [4.69, 9.17) is 14.2 Å². The van der Waals surface area contributed by atoms with Gasteiger partial charge in [0.2, 0.25) is 11.4 Å². The van der Waals surface area contributed by atoms with Gasteiger partial charge in [0, 0.05) is 10.0 Å². The van der Waals surface area contributed by atoms with Crippen molar-refractivity contribution in [2.24, 2.45) is 5.92 Å². The highest BCUT2D eigenvalue weighted by Gasteiger charge is 2.77. The molecule has 2 aliphatic rings. The second kappa shape index (κ2) is 7.67. The van der Waals surface area contributed by atoms with Crippen LogP contribution in [0, 0.1) is 5.92 Å². The fraction of sp³-hybridized carbons (Fsp3) is 0.240. The Morgan fingerprint density at radius 2 is 1.79 bits per heavy atom. The maximum Gasteiger partial charge on any atom is 0.313 e. The molecule has 5 rings (SSSR count). The second-order valence-corrected chi connectivity index (χ2v) is 8.96. The van der Waals surface area contributed by atoms with Crippen LogP contribution in [0.5, 0.6) is 11.5 Å². The smallest absolute Gasteiger partial charge is 0.313 e. The number of ether oxygens (including phenoxy) is 3. The van der Waals surface area contributed by atoms with Crippen molar-refractivity contribution in [2.75, 3.05) is 14.2 Å². The summed E-state index contributed by atoms with van der Waals surface area (Å²) in [6, 6.07) is 16.1. The number of nitrogens with zero attached hydrogens (tertiary/aromatic N) is 1. The van der Waals surface area contributed by atoms with Crippen LogP contribution in [0.1, 0.15) is 22.6 Å². The van der Waals surface area contributed by atoms with Gasteiger partial charge in [-0.25, -0.2) is 0 Å². The van der Waals surface area contributed by atoms with Crippen LogP contribution in [0.2, 0.25) is 0 Å². The first-order valence-corrected chi connectivity index (χ1v) is 11.1. The third kappa shape index (κ3) is 2.80. The van der Waals surface area contributed by atoms with Crippen LogP contribution in [0.15, 0.2) is 71.5 Å². The lowest BCUT2D eigenvalue weighted by atomic mass is 9.75. The van der Waals surface area contributed by atoms with E-state index in [1.165, 1.54) is 26.6 Å². The number of carbonyl (C=O) groups excluding carboxylic acids is 2. The molecule has 1 N–H and O–H groups in total. The lowest BCUT2D eigenvalue weighted by molar-refractivity contribution is -0.162. The normalized spacial score (nSPS) is 27.5. The second-order valence-electron chi connectivity index (χ2n) is 8.04. The largest absolute Gasteiger partial charge is 0.495 e. The summed E-state index contributed by atoms with van der Waals surface area (Å²) < 4.78 is 17.8. The standard InChI is InChI=1S/C25H20BrNO6/c1-31-17-12-27-13-18-20(17)24(30)21(22(28)32-2)19(14-6-4-3-5-7-14)25(33-18,23(24)29)15-8-10-16(26)11-9-15/h3-13,19,21,30H,1-2H3/t19-,21-,24?,25-/m0/s1. The molecule has 0 saturated heterocycles. The van der Waals surface area contributed by atoms with Crippen molar-refractivity contribution >= 4 is 27.7 Å². The summed E-state index contributed by atoms with van der Waals surface area (Å²) in [6.07, 6.45) is 2.80. The highest BCUT2D eigenvalue weighted by Crippen LogP contribution is 2.65. The Bertz CT molecular complexity index is 1250. The van der Waals surface area contributed by atoms with Crippen LogP contribution in [-0.2, 0) is 25.5 Å². The van der Waals surface area contributed by atoms with Gasteiger partial charge in [-0.1, -0.05) is 58.4 Å². The average molecular weight is 510 g/mol. The van der Waals surface area contributed by atoms with E-state index in [0.29, 0.717) is 11.1 Å². The number of fused-ring (bicyclic) bond motifs is 4. The monoisotopic (exact) mass is 509 g/mol. The van der Waals surface area contributed by atoms with Gasteiger partial charge in [-0.15, -0.1) is 0 Å². The van der Waals surface area contributed by atoms with Gasteiger partial charge in [0.15, 0.2) is 5.60 Å². The fourth-order valence-electron chi connectivity index (χ4n) is 5.21. The first kappa shape index (κ1) is 21.6. The number of ketones is 1. The van der Waals surface area contributed by atoms with Crippen molar-refractivity contribution in [3.63, 3.8) is 0 Å². The third-order valence-electron chi connectivity index (χ3n) is 6.54. The summed E-state index contributed by atoms with van der Waals surface area (Å²) in [7, 11) is 2.64. The molecular formula is C25H20BrNO6. The predicted molar refractivity (Wildman–Crippen MR) is 121 cm³/mol. The lowest BCUT2D eigenvalue weighted by Crippen LogP contribution is -2.51. The van der Waals surface area contributed by atoms with Gasteiger partial charge in [0.05, 0.1) is 38.1 Å². The van der Waals surface area contributed by atoms with E-state index in [-0.39, 0.29) is 17.1 Å². The van der Waals surface area contributed by atoms with E-state index in [0.717, 1.165) is 4.47 Å². The van der Waals surface area contributed by atoms with E-state index < -0.39 is 34.8 Å². The van der Waals surface area contributed by atoms with Crippen molar-refractivity contribution in [3.05, 3.63) is 88.2 Å². The number of hydrogen-bond donors (Lipinski definition) is 1. The molecule has 1 unspecified atom stereocenters. The van der Waals surface area contributed by atoms with E-state index >= 15 is 0 Å². The highest BCUT2D eigenvalue weighted by molar-refractivity contribution is 9.10. The van der Waals surface area contributed by atoms with Crippen LogP contribution in [0.3, 0.4) is 0 Å². The number of carbonyl (C=O) groups is 2. The molecule has 168 valence electrons. The zero-order chi connectivity index (χ0) is 23.4. The summed E-state index contributed by atoms with van der Waals surface area (Å²) >= 11 is 3.42. The molecule has 2 aromatic carbocycles. The number of hydrogen-bond acceptors (Lipinski definition) is 7. The number of rotatable bonds is 4. The van der Waals surface area contributed by atoms with Gasteiger partial charge in [-0.05, 0) is 17.7 Å². The molecule has 33 heavy (non-hydrogen) atoms. The molecule has 0 radical (unpaired) electrons. The Hall–Kier alpha value is -3.23. The van der Waals surface area contributed by atoms with Gasteiger partial charge in [0.1, 0.15) is 17.4 Å². The molecule has 0 amide bonds. The number of aliphatic hydroxyl groups is 1. The Kier molecular flexibility index (Phi) is 5.02. The summed E-state index contributed by atoms with van der Waals surface area (Å²) in [6.45, 7) is 0. The van der Waals surface area contributed by atoms with Gasteiger partial charge in [0.25, 0.3) is 0 Å². The number of benzene rings is 2. The van der Waals surface area contributed by atoms with Gasteiger partial charge < -0.3 is 19.3 Å². The highest BCUT2D eigenvalue weighted by atomic mass is 79.9. The summed E-state index contributed by atoms with van der Waals surface area (Å²) in [5.41, 5.74) is -2.73. The molecular weight excluding hydrogens is 490 g/mol. The number of halogens is 1. The minimum Gasteiger partial charge on any atom is -0.495 e. The predicted octanol–water partition coefficient (Wildman–Crippen LogP) is 3.48. The third-order valence-corrected chi connectivity index (χ3v) is 7.07. The molecule has 1 aliphatic carbocycles. The molecule has 2 heterocycles. The number of pyridine rings is 1. The fourth-order valence-corrected chi connectivity index (χ4v) is 5.48. The zero-order valence-electron chi connectivity index (χ0n) is 17.8. The first-order chi connectivity index (χ1) is 15.9. The van der Waals surface area contributed by atoms with Crippen LogP contribution in [0.4, 0.5) is 0 Å². The Morgan fingerprint density at radius 1 is 1.09 bits per heavy atom. The van der Waals surface area contributed by atoms with E-state index in [2.05, 4.69) is 20.9 Å². The van der Waals surface area contributed by atoms with Crippen LogP contribution >= 0.6 is 15.9 Å². The Balaban J connectivity index is 1.91. The van der Waals surface area contributed by atoms with Crippen molar-refractivity contribution < 1.29 is 28.9 Å². The maximum absolute atomic E-state index is 14.3. The molecule has 1 fully saturated rings. The van der Waals surface area contributed by atoms with Crippen molar-refractivity contribution in [2.45, 2.75) is 17.1 Å². The van der Waals surface area contributed by atoms with E-state index in [9.17, 15) is 14.7 Å². The number of Topliss-reactive ketones (excluding diaryl/α,β-unsaturated/α-hetero) is 1. The van der Waals surface area contributed by atoms with Crippen LogP contribution < -0.4 is 9.47 Å². The minimum absolute atomic E-state index is 0.0755. The zero-order valence-corrected chi connectivity index (χ0v) is 19.4. The number of methoxy groups -OCH3 is 2. The lowest BCUT2D eigenvalue weighted by Gasteiger charge is -2.39. The quantitative estimate of drug-likeness (QED) is 0.537. The average Bonchev–Trinajstić information content (AvgIpc) is 2.96. The molecule has 0 spiro atoms. The number of aromatic nitrogens is 1. The van der Waals surface area contributed by atoms with Gasteiger partial charge >= 0.3 is 5.97 Å². The van der Waals surface area contributed by atoms with E-state index in [1.54, 1.807) is 24.3 Å². The Morgan fingerprint density at radius 3 is 2.42 bits per heavy atom. The molecule has 1 aliphatic heterocycles. The summed E-state index contributed by atoms with van der Waals surface area (Å²) in [5.74, 6) is -3.24. The minimum atomic E-state index is -2.26. The molecule has 2 bridgehead atoms. The van der Waals surface area contributed by atoms with Crippen molar-refractivity contribution in [1.29, 1.82) is 0 Å². The first-order valence-electron chi connectivity index (χ1n) is 10.3. The van der Waals surface area contributed by atoms with E-state index in [1.807, 2.05) is 30.3 Å².